The normalized spacial score (nSPS) is 11.5. The molecule has 0 saturated carbocycles. The fraction of sp³-hybridized carbons (Fsp3) is 0.467. The minimum Gasteiger partial charge on any atom is -0.356 e. The van der Waals surface area contributed by atoms with Crippen LogP contribution in [0.5, 0.6) is 0 Å². The number of sulfonamides is 1. The first-order valence-corrected chi connectivity index (χ1v) is 8.58. The molecule has 0 atom stereocenters. The zero-order valence-corrected chi connectivity index (χ0v) is 13.9. The van der Waals surface area contributed by atoms with E-state index in [-0.39, 0.29) is 29.6 Å². The molecule has 1 rings (SSSR count). The van der Waals surface area contributed by atoms with Gasteiger partial charge in [0.15, 0.2) is 5.78 Å². The van der Waals surface area contributed by atoms with E-state index >= 15 is 0 Å². The highest BCUT2D eigenvalue weighted by Gasteiger charge is 2.15. The smallest absolute Gasteiger partial charge is 0.240 e. The summed E-state index contributed by atoms with van der Waals surface area (Å²) in [4.78, 5) is 22.8. The van der Waals surface area contributed by atoms with E-state index in [2.05, 4.69) is 10.0 Å². The number of amides is 1. The van der Waals surface area contributed by atoms with Crippen LogP contribution in [0.4, 0.5) is 0 Å². The van der Waals surface area contributed by atoms with Gasteiger partial charge in [0, 0.05) is 25.1 Å². The first-order valence-electron chi connectivity index (χ1n) is 7.09. The number of Topliss-reactive ketones (excluding diaryl/α,β-unsaturated/α-hetero) is 1. The standard InChI is InChI=1S/C15H22N2O4S/c1-11(2)10-16-15(19)7-8-17-22(20,21)14-6-4-5-13(9-14)12(3)18/h4-6,9,11,17H,7-8,10H2,1-3H3,(H,16,19). The summed E-state index contributed by atoms with van der Waals surface area (Å²) in [6, 6.07) is 5.80. The van der Waals surface area contributed by atoms with Crippen molar-refractivity contribution in [3.05, 3.63) is 29.8 Å². The molecule has 0 radical (unpaired) electrons. The van der Waals surface area contributed by atoms with Gasteiger partial charge in [0.2, 0.25) is 15.9 Å². The number of rotatable bonds is 8. The Morgan fingerprint density at radius 3 is 2.50 bits per heavy atom. The number of carbonyl (C=O) groups excluding carboxylic acids is 2. The number of benzene rings is 1. The van der Waals surface area contributed by atoms with Gasteiger partial charge in [-0.15, -0.1) is 0 Å². The quantitative estimate of drug-likeness (QED) is 0.705. The van der Waals surface area contributed by atoms with Crippen molar-refractivity contribution in [2.24, 2.45) is 5.92 Å². The van der Waals surface area contributed by atoms with E-state index in [0.717, 1.165) is 0 Å². The van der Waals surface area contributed by atoms with Crippen LogP contribution in [-0.4, -0.2) is 33.2 Å². The lowest BCUT2D eigenvalue weighted by Crippen LogP contribution is -2.32. The molecule has 1 aromatic rings. The number of carbonyl (C=O) groups is 2. The molecule has 122 valence electrons. The molecule has 0 spiro atoms. The zero-order chi connectivity index (χ0) is 16.8. The van der Waals surface area contributed by atoms with Crippen LogP contribution in [0, 0.1) is 5.92 Å². The fourth-order valence-corrected chi connectivity index (χ4v) is 2.75. The monoisotopic (exact) mass is 326 g/mol. The largest absolute Gasteiger partial charge is 0.356 e. The predicted molar refractivity (Wildman–Crippen MR) is 84.1 cm³/mol. The van der Waals surface area contributed by atoms with E-state index in [0.29, 0.717) is 18.0 Å². The Morgan fingerprint density at radius 2 is 1.91 bits per heavy atom. The minimum atomic E-state index is -3.73. The first-order chi connectivity index (χ1) is 10.2. The Labute approximate surface area is 131 Å². The van der Waals surface area contributed by atoms with Crippen LogP contribution in [-0.2, 0) is 14.8 Å². The van der Waals surface area contributed by atoms with E-state index < -0.39 is 10.0 Å². The first kappa shape index (κ1) is 18.3. The van der Waals surface area contributed by atoms with Gasteiger partial charge in [-0.05, 0) is 25.0 Å². The molecule has 2 N–H and O–H groups in total. The predicted octanol–water partition coefficient (Wildman–Crippen LogP) is 1.33. The SMILES string of the molecule is CC(=O)c1cccc(S(=O)(=O)NCCC(=O)NCC(C)C)c1. The van der Waals surface area contributed by atoms with Crippen LogP contribution in [0.25, 0.3) is 0 Å². The Kier molecular flexibility index (Phi) is 6.70. The van der Waals surface area contributed by atoms with Crippen molar-refractivity contribution in [1.29, 1.82) is 0 Å². The van der Waals surface area contributed by atoms with Gasteiger partial charge in [0.25, 0.3) is 0 Å². The zero-order valence-electron chi connectivity index (χ0n) is 13.0. The van der Waals surface area contributed by atoms with Crippen molar-refractivity contribution in [3.63, 3.8) is 0 Å². The number of nitrogens with one attached hydrogen (secondary N) is 2. The molecule has 22 heavy (non-hydrogen) atoms. The summed E-state index contributed by atoms with van der Waals surface area (Å²) >= 11 is 0. The van der Waals surface area contributed by atoms with Crippen molar-refractivity contribution in [2.75, 3.05) is 13.1 Å². The third kappa shape index (κ3) is 5.95. The molecular formula is C15H22N2O4S. The minimum absolute atomic E-state index is 0.0105. The Hall–Kier alpha value is -1.73. The maximum Gasteiger partial charge on any atom is 0.240 e. The summed E-state index contributed by atoms with van der Waals surface area (Å²) < 4.78 is 26.6. The Morgan fingerprint density at radius 1 is 1.23 bits per heavy atom. The Balaban J connectivity index is 2.59. The third-order valence-corrected chi connectivity index (χ3v) is 4.36. The summed E-state index contributed by atoms with van der Waals surface area (Å²) in [5.41, 5.74) is 0.331. The molecule has 6 nitrogen and oxygen atoms in total. The second kappa shape index (κ2) is 8.05. The summed E-state index contributed by atoms with van der Waals surface area (Å²) in [7, 11) is -3.73. The highest BCUT2D eigenvalue weighted by Crippen LogP contribution is 2.11. The van der Waals surface area contributed by atoms with Crippen molar-refractivity contribution in [2.45, 2.75) is 32.1 Å². The van der Waals surface area contributed by atoms with E-state index in [9.17, 15) is 18.0 Å². The molecule has 0 aliphatic heterocycles. The van der Waals surface area contributed by atoms with Crippen LogP contribution >= 0.6 is 0 Å². The number of hydrogen-bond donors (Lipinski definition) is 2. The van der Waals surface area contributed by atoms with Crippen molar-refractivity contribution in [1.82, 2.24) is 10.0 Å². The molecule has 0 fully saturated rings. The van der Waals surface area contributed by atoms with Gasteiger partial charge < -0.3 is 5.32 Å². The number of hydrogen-bond acceptors (Lipinski definition) is 4. The Bertz CT molecular complexity index is 639. The molecule has 0 aliphatic rings. The maximum absolute atomic E-state index is 12.1. The molecule has 0 aromatic heterocycles. The van der Waals surface area contributed by atoms with Gasteiger partial charge in [0.1, 0.15) is 0 Å². The van der Waals surface area contributed by atoms with Gasteiger partial charge >= 0.3 is 0 Å². The van der Waals surface area contributed by atoms with Gasteiger partial charge in [-0.3, -0.25) is 9.59 Å². The van der Waals surface area contributed by atoms with Gasteiger partial charge in [-0.1, -0.05) is 26.0 Å². The summed E-state index contributed by atoms with van der Waals surface area (Å²) in [5, 5.41) is 2.71. The lowest BCUT2D eigenvalue weighted by Gasteiger charge is -2.09. The fourth-order valence-electron chi connectivity index (χ4n) is 1.67. The topological polar surface area (TPSA) is 92.3 Å². The average molecular weight is 326 g/mol. The van der Waals surface area contributed by atoms with E-state index in [1.54, 1.807) is 6.07 Å². The van der Waals surface area contributed by atoms with E-state index in [1.807, 2.05) is 13.8 Å². The maximum atomic E-state index is 12.1. The molecule has 0 unspecified atom stereocenters. The van der Waals surface area contributed by atoms with Crippen LogP contribution in [0.15, 0.2) is 29.2 Å². The highest BCUT2D eigenvalue weighted by molar-refractivity contribution is 7.89. The van der Waals surface area contributed by atoms with Crippen LogP contribution in [0.3, 0.4) is 0 Å². The molecular weight excluding hydrogens is 304 g/mol. The second-order valence-electron chi connectivity index (χ2n) is 5.43. The highest BCUT2D eigenvalue weighted by atomic mass is 32.2. The van der Waals surface area contributed by atoms with E-state index in [1.165, 1.54) is 25.1 Å². The number of ketones is 1. The average Bonchev–Trinajstić information content (AvgIpc) is 2.45. The lowest BCUT2D eigenvalue weighted by atomic mass is 10.2. The van der Waals surface area contributed by atoms with Crippen molar-refractivity contribution in [3.8, 4) is 0 Å². The van der Waals surface area contributed by atoms with E-state index in [4.69, 9.17) is 0 Å². The lowest BCUT2D eigenvalue weighted by molar-refractivity contribution is -0.121. The van der Waals surface area contributed by atoms with Crippen molar-refractivity contribution >= 4 is 21.7 Å². The second-order valence-corrected chi connectivity index (χ2v) is 7.20. The van der Waals surface area contributed by atoms with Crippen LogP contribution in [0.2, 0.25) is 0 Å². The van der Waals surface area contributed by atoms with Crippen molar-refractivity contribution < 1.29 is 18.0 Å². The van der Waals surface area contributed by atoms with Gasteiger partial charge in [0.05, 0.1) is 4.90 Å². The molecule has 0 saturated heterocycles. The summed E-state index contributed by atoms with van der Waals surface area (Å²) in [6.07, 6.45) is 0.0678. The third-order valence-electron chi connectivity index (χ3n) is 2.90. The van der Waals surface area contributed by atoms with Crippen LogP contribution < -0.4 is 10.0 Å². The molecule has 0 heterocycles. The molecule has 0 bridgehead atoms. The summed E-state index contributed by atoms with van der Waals surface area (Å²) in [6.45, 7) is 5.90. The molecule has 0 aliphatic carbocycles. The van der Waals surface area contributed by atoms with Gasteiger partial charge in [-0.2, -0.15) is 0 Å². The van der Waals surface area contributed by atoms with Crippen LogP contribution in [0.1, 0.15) is 37.6 Å². The van der Waals surface area contributed by atoms with Gasteiger partial charge in [-0.25, -0.2) is 13.1 Å². The molecule has 1 aromatic carbocycles. The molecule has 1 amide bonds. The summed E-state index contributed by atoms with van der Waals surface area (Å²) in [5.74, 6) is -0.0611. The molecule has 7 heteroatoms.